The molecule has 0 aromatic heterocycles. The van der Waals surface area contributed by atoms with E-state index < -0.39 is 0 Å². The molecule has 1 aromatic carbocycles. The van der Waals surface area contributed by atoms with Crippen molar-refractivity contribution in [2.75, 3.05) is 12.4 Å². The van der Waals surface area contributed by atoms with E-state index in [0.29, 0.717) is 11.4 Å². The van der Waals surface area contributed by atoms with Crippen molar-refractivity contribution in [3.05, 3.63) is 28.2 Å². The number of aromatic hydroxyl groups is 1. The van der Waals surface area contributed by atoms with Gasteiger partial charge >= 0.3 is 0 Å². The van der Waals surface area contributed by atoms with Crippen LogP contribution in [0.4, 0.5) is 0 Å². The molecule has 0 radical (unpaired) electrons. The Morgan fingerprint density at radius 1 is 1.53 bits per heavy atom. The lowest BCUT2D eigenvalue weighted by atomic mass is 10.1. The molecule has 0 saturated carbocycles. The standard InChI is InChI=1S/C14H17BrClNO2/c15-10-5-6-12(13(18)9-10)14(19)17-8-2-4-11(17)3-1-7-16/h5-6,9,11,18H,1-4,7-8H2. The van der Waals surface area contributed by atoms with Crippen LogP contribution in [0.3, 0.4) is 0 Å². The van der Waals surface area contributed by atoms with Crippen molar-refractivity contribution >= 4 is 33.4 Å². The first-order valence-corrected chi connectivity index (χ1v) is 7.81. The number of phenolic OH excluding ortho intramolecular Hbond substituents is 1. The highest BCUT2D eigenvalue weighted by Crippen LogP contribution is 2.28. The molecular weight excluding hydrogens is 330 g/mol. The molecule has 2 rings (SSSR count). The second kappa shape index (κ2) is 6.62. The Hall–Kier alpha value is -0.740. The van der Waals surface area contributed by atoms with Gasteiger partial charge in [0, 0.05) is 22.9 Å². The summed E-state index contributed by atoms with van der Waals surface area (Å²) in [6.07, 6.45) is 3.91. The van der Waals surface area contributed by atoms with E-state index in [9.17, 15) is 9.90 Å². The number of likely N-dealkylation sites (tertiary alicyclic amines) is 1. The maximum Gasteiger partial charge on any atom is 0.257 e. The van der Waals surface area contributed by atoms with E-state index in [2.05, 4.69) is 15.9 Å². The maximum absolute atomic E-state index is 12.5. The van der Waals surface area contributed by atoms with Crippen LogP contribution in [0, 0.1) is 0 Å². The van der Waals surface area contributed by atoms with Crippen LogP contribution < -0.4 is 0 Å². The lowest BCUT2D eigenvalue weighted by Crippen LogP contribution is -2.35. The third-order valence-electron chi connectivity index (χ3n) is 3.50. The van der Waals surface area contributed by atoms with Gasteiger partial charge in [-0.25, -0.2) is 0 Å². The number of amides is 1. The van der Waals surface area contributed by atoms with Gasteiger partial charge in [0.05, 0.1) is 5.56 Å². The summed E-state index contributed by atoms with van der Waals surface area (Å²) in [7, 11) is 0. The van der Waals surface area contributed by atoms with Crippen LogP contribution in [0.1, 0.15) is 36.0 Å². The van der Waals surface area contributed by atoms with Crippen LogP contribution in [0.25, 0.3) is 0 Å². The molecule has 1 unspecified atom stereocenters. The summed E-state index contributed by atoms with van der Waals surface area (Å²) in [4.78, 5) is 14.3. The van der Waals surface area contributed by atoms with Crippen molar-refractivity contribution in [1.29, 1.82) is 0 Å². The number of hydrogen-bond acceptors (Lipinski definition) is 2. The minimum atomic E-state index is -0.0814. The van der Waals surface area contributed by atoms with Gasteiger partial charge in [-0.3, -0.25) is 4.79 Å². The lowest BCUT2D eigenvalue weighted by Gasteiger charge is -2.25. The number of phenols is 1. The zero-order valence-electron chi connectivity index (χ0n) is 10.6. The van der Waals surface area contributed by atoms with Crippen molar-refractivity contribution in [3.63, 3.8) is 0 Å². The summed E-state index contributed by atoms with van der Waals surface area (Å²) in [5, 5.41) is 9.89. The van der Waals surface area contributed by atoms with Crippen molar-refractivity contribution in [2.45, 2.75) is 31.7 Å². The summed E-state index contributed by atoms with van der Waals surface area (Å²) in [5.41, 5.74) is 0.376. The molecule has 3 nitrogen and oxygen atoms in total. The number of carbonyl (C=O) groups excluding carboxylic acids is 1. The molecule has 0 spiro atoms. The first-order chi connectivity index (χ1) is 9.13. The highest BCUT2D eigenvalue weighted by molar-refractivity contribution is 9.10. The van der Waals surface area contributed by atoms with Crippen LogP contribution >= 0.6 is 27.5 Å². The van der Waals surface area contributed by atoms with Gasteiger partial charge in [0.2, 0.25) is 0 Å². The Kier molecular flexibility index (Phi) is 5.11. The molecule has 1 fully saturated rings. The van der Waals surface area contributed by atoms with Gasteiger partial charge < -0.3 is 10.0 Å². The van der Waals surface area contributed by atoms with E-state index in [1.165, 1.54) is 0 Å². The maximum atomic E-state index is 12.5. The Balaban J connectivity index is 2.13. The summed E-state index contributed by atoms with van der Waals surface area (Å²) < 4.78 is 0.765. The van der Waals surface area contributed by atoms with Crippen molar-refractivity contribution in [3.8, 4) is 5.75 Å². The zero-order valence-corrected chi connectivity index (χ0v) is 13.0. The normalized spacial score (nSPS) is 18.8. The summed E-state index contributed by atoms with van der Waals surface area (Å²) >= 11 is 8.99. The monoisotopic (exact) mass is 345 g/mol. The quantitative estimate of drug-likeness (QED) is 0.843. The van der Waals surface area contributed by atoms with Gasteiger partial charge in [-0.2, -0.15) is 0 Å². The number of rotatable bonds is 4. The average molecular weight is 347 g/mol. The second-order valence-corrected chi connectivity index (χ2v) is 6.08. The molecule has 1 atom stereocenters. The molecule has 1 N–H and O–H groups in total. The Bertz CT molecular complexity index is 467. The number of hydrogen-bond donors (Lipinski definition) is 1. The van der Waals surface area contributed by atoms with E-state index in [4.69, 9.17) is 11.6 Å². The largest absolute Gasteiger partial charge is 0.507 e. The van der Waals surface area contributed by atoms with Gasteiger partial charge in [0.15, 0.2) is 0 Å². The summed E-state index contributed by atoms with van der Waals surface area (Å²) in [6.45, 7) is 0.765. The minimum absolute atomic E-state index is 0.0300. The third kappa shape index (κ3) is 3.42. The minimum Gasteiger partial charge on any atom is -0.507 e. The first-order valence-electron chi connectivity index (χ1n) is 6.49. The molecular formula is C14H17BrClNO2. The van der Waals surface area contributed by atoms with Gasteiger partial charge in [0.1, 0.15) is 5.75 Å². The average Bonchev–Trinajstić information content (AvgIpc) is 2.83. The SMILES string of the molecule is O=C(c1ccc(Br)cc1O)N1CCCC1CCCCl. The van der Waals surface area contributed by atoms with Gasteiger partial charge in [-0.05, 0) is 43.9 Å². The van der Waals surface area contributed by atoms with E-state index in [1.807, 2.05) is 4.90 Å². The van der Waals surface area contributed by atoms with Gasteiger partial charge in [0.25, 0.3) is 5.91 Å². The molecule has 1 aromatic rings. The Labute approximate surface area is 126 Å². The van der Waals surface area contributed by atoms with Crippen molar-refractivity contribution in [2.24, 2.45) is 0 Å². The fourth-order valence-corrected chi connectivity index (χ4v) is 3.06. The number of alkyl halides is 1. The zero-order chi connectivity index (χ0) is 13.8. The molecule has 5 heteroatoms. The lowest BCUT2D eigenvalue weighted by molar-refractivity contribution is 0.0727. The van der Waals surface area contributed by atoms with Crippen LogP contribution in [0.5, 0.6) is 5.75 Å². The first kappa shape index (κ1) is 14.7. The molecule has 1 heterocycles. The number of benzene rings is 1. The molecule has 1 aliphatic rings. The topological polar surface area (TPSA) is 40.5 Å². The highest BCUT2D eigenvalue weighted by Gasteiger charge is 2.30. The summed E-state index contributed by atoms with van der Waals surface area (Å²) in [5.74, 6) is 0.576. The smallest absolute Gasteiger partial charge is 0.257 e. The predicted octanol–water partition coefficient (Wildman–Crippen LogP) is 3.78. The Morgan fingerprint density at radius 2 is 2.32 bits per heavy atom. The van der Waals surface area contributed by atoms with E-state index in [1.54, 1.807) is 18.2 Å². The number of carbonyl (C=O) groups is 1. The second-order valence-electron chi connectivity index (χ2n) is 4.79. The van der Waals surface area contributed by atoms with Gasteiger partial charge in [-0.1, -0.05) is 15.9 Å². The third-order valence-corrected chi connectivity index (χ3v) is 4.26. The van der Waals surface area contributed by atoms with Crippen LogP contribution in [0.15, 0.2) is 22.7 Å². The van der Waals surface area contributed by atoms with Crippen molar-refractivity contribution in [1.82, 2.24) is 4.90 Å². The molecule has 19 heavy (non-hydrogen) atoms. The molecule has 0 aliphatic carbocycles. The molecule has 1 amide bonds. The highest BCUT2D eigenvalue weighted by atomic mass is 79.9. The number of halogens is 2. The predicted molar refractivity (Wildman–Crippen MR) is 79.8 cm³/mol. The van der Waals surface area contributed by atoms with Crippen LogP contribution in [-0.4, -0.2) is 34.4 Å². The fraction of sp³-hybridized carbons (Fsp3) is 0.500. The van der Waals surface area contributed by atoms with Crippen molar-refractivity contribution < 1.29 is 9.90 Å². The van der Waals surface area contributed by atoms with Gasteiger partial charge in [-0.15, -0.1) is 11.6 Å². The van der Waals surface area contributed by atoms with E-state index in [0.717, 1.165) is 36.7 Å². The molecule has 1 aliphatic heterocycles. The molecule has 104 valence electrons. The van der Waals surface area contributed by atoms with E-state index in [-0.39, 0.29) is 17.7 Å². The number of nitrogens with zero attached hydrogens (tertiary/aromatic N) is 1. The fourth-order valence-electron chi connectivity index (χ4n) is 2.56. The molecule has 1 saturated heterocycles. The van der Waals surface area contributed by atoms with Crippen LogP contribution in [-0.2, 0) is 0 Å². The van der Waals surface area contributed by atoms with E-state index >= 15 is 0 Å². The Morgan fingerprint density at radius 3 is 3.00 bits per heavy atom. The molecule has 0 bridgehead atoms. The summed E-state index contributed by atoms with van der Waals surface area (Å²) in [6, 6.07) is 5.25. The van der Waals surface area contributed by atoms with Crippen LogP contribution in [0.2, 0.25) is 0 Å².